The second-order valence-corrected chi connectivity index (χ2v) is 4.27. The highest BCUT2D eigenvalue weighted by molar-refractivity contribution is 5.46. The summed E-state index contributed by atoms with van der Waals surface area (Å²) in [7, 11) is 0. The van der Waals surface area contributed by atoms with Crippen molar-refractivity contribution in [3.8, 4) is 5.75 Å². The summed E-state index contributed by atoms with van der Waals surface area (Å²) < 4.78 is 5.28. The molecule has 2 aromatic carbocycles. The van der Waals surface area contributed by atoms with Gasteiger partial charge in [-0.2, -0.15) is 0 Å². The van der Waals surface area contributed by atoms with Gasteiger partial charge in [-0.1, -0.05) is 36.4 Å². The van der Waals surface area contributed by atoms with E-state index in [-0.39, 0.29) is 0 Å². The van der Waals surface area contributed by atoms with Crippen LogP contribution in [-0.2, 0) is 4.74 Å². The minimum Gasteiger partial charge on any atom is -0.508 e. The summed E-state index contributed by atoms with van der Waals surface area (Å²) in [5.74, 6) is 0.322. The molecule has 1 N–H and O–H groups in total. The van der Waals surface area contributed by atoms with Gasteiger partial charge in [-0.3, -0.25) is 0 Å². The number of hydrogen-bond acceptors (Lipinski definition) is 3. The topological polar surface area (TPSA) is 32.7 Å². The van der Waals surface area contributed by atoms with Gasteiger partial charge in [0.15, 0.2) is 0 Å². The average molecular weight is 257 g/mol. The highest BCUT2D eigenvalue weighted by Gasteiger charge is 2.09. The number of aromatic hydroxyl groups is 1. The molecular weight excluding hydrogens is 238 g/mol. The molecule has 1 aliphatic rings. The zero-order valence-corrected chi connectivity index (χ0v) is 10.9. The van der Waals surface area contributed by atoms with Crippen molar-refractivity contribution in [2.24, 2.45) is 0 Å². The van der Waals surface area contributed by atoms with Gasteiger partial charge in [0.25, 0.3) is 0 Å². The first-order valence-corrected chi connectivity index (χ1v) is 6.48. The summed E-state index contributed by atoms with van der Waals surface area (Å²) in [6, 6.07) is 19.2. The molecule has 0 aliphatic carbocycles. The zero-order valence-electron chi connectivity index (χ0n) is 10.9. The van der Waals surface area contributed by atoms with Gasteiger partial charge in [0.1, 0.15) is 5.75 Å². The predicted molar refractivity (Wildman–Crippen MR) is 77.6 cm³/mol. The maximum Gasteiger partial charge on any atom is 0.115 e. The molecular formula is C16H19NO2. The van der Waals surface area contributed by atoms with Crippen molar-refractivity contribution in [3.05, 3.63) is 60.7 Å². The standard InChI is InChI=1S/C10H13NO.C6H6O/c1-2-4-10(5-3-1)11-6-8-12-9-7-11;7-6-4-2-1-3-5-6/h1-5H,6-9H2;1-5,7H. The van der Waals surface area contributed by atoms with Crippen LogP contribution in [0.25, 0.3) is 0 Å². The minimum atomic E-state index is 0.322. The number of benzene rings is 2. The SMILES string of the molecule is Oc1ccccc1.c1ccc(N2CCOCC2)cc1. The monoisotopic (exact) mass is 257 g/mol. The second kappa shape index (κ2) is 7.44. The van der Waals surface area contributed by atoms with Crippen molar-refractivity contribution in [2.75, 3.05) is 31.2 Å². The lowest BCUT2D eigenvalue weighted by Gasteiger charge is -2.28. The molecule has 0 unspecified atom stereocenters. The Hall–Kier alpha value is -2.00. The number of hydrogen-bond donors (Lipinski definition) is 1. The predicted octanol–water partition coefficient (Wildman–Crippen LogP) is 2.92. The van der Waals surface area contributed by atoms with Crippen LogP contribution in [0.3, 0.4) is 0 Å². The molecule has 0 radical (unpaired) electrons. The first-order valence-electron chi connectivity index (χ1n) is 6.48. The molecule has 1 aliphatic heterocycles. The Balaban J connectivity index is 0.000000163. The van der Waals surface area contributed by atoms with Crippen molar-refractivity contribution < 1.29 is 9.84 Å². The molecule has 2 aromatic rings. The lowest BCUT2D eigenvalue weighted by molar-refractivity contribution is 0.122. The lowest BCUT2D eigenvalue weighted by Crippen LogP contribution is -2.36. The fourth-order valence-corrected chi connectivity index (χ4v) is 1.89. The Morgan fingerprint density at radius 2 is 1.32 bits per heavy atom. The van der Waals surface area contributed by atoms with E-state index in [0.717, 1.165) is 26.3 Å². The van der Waals surface area contributed by atoms with Crippen molar-refractivity contribution in [1.82, 2.24) is 0 Å². The van der Waals surface area contributed by atoms with Gasteiger partial charge in [-0.25, -0.2) is 0 Å². The quantitative estimate of drug-likeness (QED) is 0.852. The Kier molecular flexibility index (Phi) is 5.26. The van der Waals surface area contributed by atoms with Gasteiger partial charge in [0.2, 0.25) is 0 Å². The second-order valence-electron chi connectivity index (χ2n) is 4.27. The molecule has 0 saturated carbocycles. The first-order chi connectivity index (χ1) is 9.36. The van der Waals surface area contributed by atoms with E-state index < -0.39 is 0 Å². The lowest BCUT2D eigenvalue weighted by atomic mass is 10.3. The average Bonchev–Trinajstić information content (AvgIpc) is 2.51. The highest BCUT2D eigenvalue weighted by atomic mass is 16.5. The number of rotatable bonds is 1. The summed E-state index contributed by atoms with van der Waals surface area (Å²) in [4.78, 5) is 2.35. The maximum absolute atomic E-state index is 8.63. The van der Waals surface area contributed by atoms with Gasteiger partial charge in [-0.15, -0.1) is 0 Å². The van der Waals surface area contributed by atoms with Crippen molar-refractivity contribution in [3.63, 3.8) is 0 Å². The van der Waals surface area contributed by atoms with Gasteiger partial charge in [-0.05, 0) is 24.3 Å². The van der Waals surface area contributed by atoms with Crippen LogP contribution < -0.4 is 4.90 Å². The smallest absolute Gasteiger partial charge is 0.115 e. The molecule has 1 saturated heterocycles. The van der Waals surface area contributed by atoms with Crippen LogP contribution in [0.4, 0.5) is 5.69 Å². The van der Waals surface area contributed by atoms with E-state index in [2.05, 4.69) is 29.2 Å². The summed E-state index contributed by atoms with van der Waals surface area (Å²) in [5.41, 5.74) is 1.31. The summed E-state index contributed by atoms with van der Waals surface area (Å²) in [6.45, 7) is 3.75. The summed E-state index contributed by atoms with van der Waals surface area (Å²) >= 11 is 0. The number of ether oxygens (including phenoxy) is 1. The summed E-state index contributed by atoms with van der Waals surface area (Å²) in [6.07, 6.45) is 0. The van der Waals surface area contributed by atoms with Crippen LogP contribution in [0.1, 0.15) is 0 Å². The Bertz CT molecular complexity index is 453. The minimum absolute atomic E-state index is 0.322. The van der Waals surface area contributed by atoms with Crippen LogP contribution in [0.15, 0.2) is 60.7 Å². The highest BCUT2D eigenvalue weighted by Crippen LogP contribution is 2.13. The van der Waals surface area contributed by atoms with Crippen LogP contribution >= 0.6 is 0 Å². The molecule has 1 fully saturated rings. The molecule has 0 spiro atoms. The molecule has 0 bridgehead atoms. The van der Waals surface area contributed by atoms with E-state index in [0.29, 0.717) is 5.75 Å². The molecule has 0 aromatic heterocycles. The number of anilines is 1. The molecule has 3 rings (SSSR count). The van der Waals surface area contributed by atoms with Gasteiger partial charge < -0.3 is 14.7 Å². The van der Waals surface area contributed by atoms with Gasteiger partial charge in [0, 0.05) is 18.8 Å². The third-order valence-corrected chi connectivity index (χ3v) is 2.89. The number of phenols is 1. The van der Waals surface area contributed by atoms with E-state index in [1.807, 2.05) is 12.1 Å². The number of phenolic OH excluding ortho intramolecular Hbond substituents is 1. The van der Waals surface area contributed by atoms with E-state index >= 15 is 0 Å². The first kappa shape index (κ1) is 13.4. The zero-order chi connectivity index (χ0) is 13.3. The molecule has 0 atom stereocenters. The van der Waals surface area contributed by atoms with Gasteiger partial charge >= 0.3 is 0 Å². The van der Waals surface area contributed by atoms with Crippen molar-refractivity contribution in [1.29, 1.82) is 0 Å². The third-order valence-electron chi connectivity index (χ3n) is 2.89. The molecule has 19 heavy (non-hydrogen) atoms. The van der Waals surface area contributed by atoms with E-state index in [9.17, 15) is 0 Å². The number of para-hydroxylation sites is 2. The Morgan fingerprint density at radius 3 is 1.79 bits per heavy atom. The summed E-state index contributed by atoms with van der Waals surface area (Å²) in [5, 5.41) is 8.63. The van der Waals surface area contributed by atoms with Crippen LogP contribution in [-0.4, -0.2) is 31.4 Å². The number of nitrogens with zero attached hydrogens (tertiary/aromatic N) is 1. The maximum atomic E-state index is 8.63. The van der Waals surface area contributed by atoms with E-state index in [4.69, 9.17) is 9.84 Å². The Labute approximate surface area is 114 Å². The van der Waals surface area contributed by atoms with Crippen LogP contribution in [0.5, 0.6) is 5.75 Å². The molecule has 3 heteroatoms. The van der Waals surface area contributed by atoms with Gasteiger partial charge in [0.05, 0.1) is 13.2 Å². The fraction of sp³-hybridized carbons (Fsp3) is 0.250. The van der Waals surface area contributed by atoms with Crippen molar-refractivity contribution >= 4 is 5.69 Å². The van der Waals surface area contributed by atoms with E-state index in [1.165, 1.54) is 5.69 Å². The molecule has 100 valence electrons. The largest absolute Gasteiger partial charge is 0.508 e. The van der Waals surface area contributed by atoms with E-state index in [1.54, 1.807) is 24.3 Å². The number of morpholine rings is 1. The Morgan fingerprint density at radius 1 is 0.789 bits per heavy atom. The van der Waals surface area contributed by atoms with Crippen molar-refractivity contribution in [2.45, 2.75) is 0 Å². The molecule has 0 amide bonds. The third kappa shape index (κ3) is 4.64. The van der Waals surface area contributed by atoms with Crippen LogP contribution in [0.2, 0.25) is 0 Å². The molecule has 1 heterocycles. The van der Waals surface area contributed by atoms with Crippen LogP contribution in [0, 0.1) is 0 Å². The fourth-order valence-electron chi connectivity index (χ4n) is 1.89. The molecule has 3 nitrogen and oxygen atoms in total. The normalized spacial score (nSPS) is 14.4.